The first-order valence-corrected chi connectivity index (χ1v) is 6.65. The van der Waals surface area contributed by atoms with E-state index in [4.69, 9.17) is 0 Å². The van der Waals surface area contributed by atoms with Gasteiger partial charge >= 0.3 is 0 Å². The van der Waals surface area contributed by atoms with Crippen LogP contribution < -0.4 is 0 Å². The van der Waals surface area contributed by atoms with Gasteiger partial charge in [-0.2, -0.15) is 0 Å². The third-order valence-electron chi connectivity index (χ3n) is 3.26. The second-order valence-electron chi connectivity index (χ2n) is 5.00. The fourth-order valence-corrected chi connectivity index (χ4v) is 2.09. The molecule has 19 heavy (non-hydrogen) atoms. The molecule has 0 aliphatic heterocycles. The van der Waals surface area contributed by atoms with E-state index < -0.39 is 4.92 Å². The molecule has 0 spiro atoms. The predicted molar refractivity (Wildman–Crippen MR) is 72.0 cm³/mol. The molecule has 1 amide bonds. The molecule has 1 aromatic rings. The minimum absolute atomic E-state index is 0.0336. The molecule has 0 atom stereocenters. The number of nitro benzene ring substituents is 1. The molecule has 102 valence electrons. The summed E-state index contributed by atoms with van der Waals surface area (Å²) in [6.07, 6.45) is 3.26. The Morgan fingerprint density at radius 2 is 2.21 bits per heavy atom. The quantitative estimate of drug-likeness (QED) is 0.585. The van der Waals surface area contributed by atoms with Crippen molar-refractivity contribution in [3.05, 3.63) is 39.9 Å². The molecule has 0 heterocycles. The van der Waals surface area contributed by atoms with Crippen LogP contribution in [0, 0.1) is 16.0 Å². The summed E-state index contributed by atoms with van der Waals surface area (Å²) in [4.78, 5) is 24.5. The Labute approximate surface area is 112 Å². The van der Waals surface area contributed by atoms with E-state index in [2.05, 4.69) is 0 Å². The first-order chi connectivity index (χ1) is 9.11. The summed E-state index contributed by atoms with van der Waals surface area (Å²) in [7, 11) is 0. The van der Waals surface area contributed by atoms with Crippen LogP contribution in [0.4, 0.5) is 5.69 Å². The van der Waals surface area contributed by atoms with Gasteiger partial charge in [-0.15, -0.1) is 0 Å². The topological polar surface area (TPSA) is 63.5 Å². The monoisotopic (exact) mass is 262 g/mol. The zero-order valence-electron chi connectivity index (χ0n) is 11.0. The van der Waals surface area contributed by atoms with Crippen LogP contribution >= 0.6 is 0 Å². The molecule has 2 rings (SSSR count). The van der Waals surface area contributed by atoms with Gasteiger partial charge in [-0.1, -0.05) is 13.0 Å². The highest BCUT2D eigenvalue weighted by molar-refractivity contribution is 5.94. The normalized spacial score (nSPS) is 14.2. The van der Waals surface area contributed by atoms with Crippen LogP contribution in [0.25, 0.3) is 0 Å². The van der Waals surface area contributed by atoms with Crippen molar-refractivity contribution < 1.29 is 9.72 Å². The van der Waals surface area contributed by atoms with E-state index in [1.807, 2.05) is 11.8 Å². The Morgan fingerprint density at radius 3 is 2.79 bits per heavy atom. The van der Waals surface area contributed by atoms with Crippen LogP contribution in [-0.4, -0.2) is 28.8 Å². The molecule has 5 heteroatoms. The van der Waals surface area contributed by atoms with Crippen LogP contribution in [0.1, 0.15) is 36.5 Å². The number of hydrogen-bond donors (Lipinski definition) is 0. The number of non-ortho nitro benzene ring substituents is 1. The van der Waals surface area contributed by atoms with Gasteiger partial charge in [0, 0.05) is 30.8 Å². The van der Waals surface area contributed by atoms with Crippen molar-refractivity contribution in [2.45, 2.75) is 26.2 Å². The maximum atomic E-state index is 12.4. The summed E-state index contributed by atoms with van der Waals surface area (Å²) in [6.45, 7) is 3.51. The van der Waals surface area contributed by atoms with Crippen LogP contribution in [0.3, 0.4) is 0 Å². The number of benzene rings is 1. The Kier molecular flexibility index (Phi) is 4.14. The molecule has 1 fully saturated rings. The molecule has 1 aromatic carbocycles. The number of amides is 1. The Bertz CT molecular complexity index is 483. The number of nitrogens with zero attached hydrogens (tertiary/aromatic N) is 2. The molecular formula is C14H18N2O3. The average Bonchev–Trinajstić information content (AvgIpc) is 3.21. The molecule has 1 saturated carbocycles. The molecule has 0 bridgehead atoms. The fourth-order valence-electron chi connectivity index (χ4n) is 2.09. The van der Waals surface area contributed by atoms with Crippen molar-refractivity contribution in [3.63, 3.8) is 0 Å². The molecule has 0 aromatic heterocycles. The van der Waals surface area contributed by atoms with Crippen LogP contribution in [-0.2, 0) is 0 Å². The summed E-state index contributed by atoms with van der Waals surface area (Å²) in [5.41, 5.74) is 0.372. The van der Waals surface area contributed by atoms with Crippen LogP contribution in [0.15, 0.2) is 24.3 Å². The summed E-state index contributed by atoms with van der Waals surface area (Å²) in [5, 5.41) is 10.7. The fraction of sp³-hybridized carbons (Fsp3) is 0.500. The van der Waals surface area contributed by atoms with E-state index in [1.165, 1.54) is 25.0 Å². The van der Waals surface area contributed by atoms with E-state index in [0.29, 0.717) is 18.0 Å². The lowest BCUT2D eigenvalue weighted by atomic mass is 10.1. The number of carbonyl (C=O) groups is 1. The van der Waals surface area contributed by atoms with Crippen molar-refractivity contribution in [2.75, 3.05) is 13.1 Å². The maximum absolute atomic E-state index is 12.4. The van der Waals surface area contributed by atoms with E-state index in [-0.39, 0.29) is 11.6 Å². The van der Waals surface area contributed by atoms with Gasteiger partial charge in [-0.3, -0.25) is 14.9 Å². The van der Waals surface area contributed by atoms with Crippen LogP contribution in [0.5, 0.6) is 0 Å². The summed E-state index contributed by atoms with van der Waals surface area (Å²) in [5.74, 6) is 0.520. The zero-order chi connectivity index (χ0) is 13.8. The van der Waals surface area contributed by atoms with Gasteiger partial charge < -0.3 is 4.90 Å². The van der Waals surface area contributed by atoms with Crippen molar-refractivity contribution in [1.82, 2.24) is 4.90 Å². The van der Waals surface area contributed by atoms with E-state index in [9.17, 15) is 14.9 Å². The van der Waals surface area contributed by atoms with Gasteiger partial charge in [0.25, 0.3) is 11.6 Å². The highest BCUT2D eigenvalue weighted by Crippen LogP contribution is 2.30. The molecule has 1 aliphatic carbocycles. The molecule has 5 nitrogen and oxygen atoms in total. The van der Waals surface area contributed by atoms with Crippen molar-refractivity contribution in [1.29, 1.82) is 0 Å². The average molecular weight is 262 g/mol. The first-order valence-electron chi connectivity index (χ1n) is 6.65. The van der Waals surface area contributed by atoms with Gasteiger partial charge in [0.05, 0.1) is 4.92 Å². The van der Waals surface area contributed by atoms with Crippen LogP contribution in [0.2, 0.25) is 0 Å². The van der Waals surface area contributed by atoms with E-state index in [0.717, 1.165) is 13.0 Å². The molecule has 0 radical (unpaired) electrons. The van der Waals surface area contributed by atoms with Gasteiger partial charge in [-0.05, 0) is 31.2 Å². The largest absolute Gasteiger partial charge is 0.338 e. The number of rotatable bonds is 6. The second kappa shape index (κ2) is 5.82. The molecule has 1 aliphatic rings. The number of nitro groups is 1. The highest BCUT2D eigenvalue weighted by Gasteiger charge is 2.27. The molecule has 0 N–H and O–H groups in total. The summed E-state index contributed by atoms with van der Waals surface area (Å²) >= 11 is 0. The minimum Gasteiger partial charge on any atom is -0.338 e. The van der Waals surface area contributed by atoms with Crippen molar-refractivity contribution >= 4 is 11.6 Å². The molecule has 0 unspecified atom stereocenters. The van der Waals surface area contributed by atoms with E-state index in [1.54, 1.807) is 12.1 Å². The minimum atomic E-state index is -0.470. The Morgan fingerprint density at radius 1 is 1.47 bits per heavy atom. The lowest BCUT2D eigenvalue weighted by Crippen LogP contribution is -2.33. The number of carbonyl (C=O) groups excluding carboxylic acids is 1. The molecule has 0 saturated heterocycles. The highest BCUT2D eigenvalue weighted by atomic mass is 16.6. The lowest BCUT2D eigenvalue weighted by molar-refractivity contribution is -0.384. The number of hydrogen-bond acceptors (Lipinski definition) is 3. The van der Waals surface area contributed by atoms with Gasteiger partial charge in [-0.25, -0.2) is 0 Å². The maximum Gasteiger partial charge on any atom is 0.270 e. The summed E-state index contributed by atoms with van der Waals surface area (Å²) < 4.78 is 0. The Hall–Kier alpha value is -1.91. The van der Waals surface area contributed by atoms with Gasteiger partial charge in [0.1, 0.15) is 0 Å². The summed E-state index contributed by atoms with van der Waals surface area (Å²) in [6, 6.07) is 5.97. The lowest BCUT2D eigenvalue weighted by Gasteiger charge is -2.22. The second-order valence-corrected chi connectivity index (χ2v) is 5.00. The SMILES string of the molecule is CCCN(CC1CC1)C(=O)c1cccc([N+](=O)[O-])c1. The standard InChI is InChI=1S/C14H18N2O3/c1-2-8-15(10-11-6-7-11)14(17)12-4-3-5-13(9-12)16(18)19/h3-5,9,11H,2,6-8,10H2,1H3. The van der Waals surface area contributed by atoms with Gasteiger partial charge in [0.15, 0.2) is 0 Å². The third kappa shape index (κ3) is 3.53. The van der Waals surface area contributed by atoms with Gasteiger partial charge in [0.2, 0.25) is 0 Å². The van der Waals surface area contributed by atoms with Crippen molar-refractivity contribution in [3.8, 4) is 0 Å². The first kappa shape index (κ1) is 13.5. The smallest absolute Gasteiger partial charge is 0.270 e. The third-order valence-corrected chi connectivity index (χ3v) is 3.26. The zero-order valence-corrected chi connectivity index (χ0v) is 11.0. The Balaban J connectivity index is 2.14. The van der Waals surface area contributed by atoms with E-state index >= 15 is 0 Å². The molecular weight excluding hydrogens is 244 g/mol. The predicted octanol–water partition coefficient (Wildman–Crippen LogP) is 2.86. The van der Waals surface area contributed by atoms with Crippen molar-refractivity contribution in [2.24, 2.45) is 5.92 Å².